The van der Waals surface area contributed by atoms with Crippen LogP contribution >= 0.6 is 34.5 Å². The van der Waals surface area contributed by atoms with Gasteiger partial charge in [0.05, 0.1) is 18.0 Å². The van der Waals surface area contributed by atoms with Gasteiger partial charge in [0.1, 0.15) is 0 Å². The van der Waals surface area contributed by atoms with E-state index < -0.39 is 0 Å². The predicted octanol–water partition coefficient (Wildman–Crippen LogP) is 3.62. The number of aromatic nitrogens is 1. The van der Waals surface area contributed by atoms with Crippen LogP contribution in [-0.4, -0.2) is 10.9 Å². The fourth-order valence-corrected chi connectivity index (χ4v) is 2.78. The summed E-state index contributed by atoms with van der Waals surface area (Å²) in [6.07, 6.45) is 2.02. The fourth-order valence-electron chi connectivity index (χ4n) is 1.57. The van der Waals surface area contributed by atoms with Gasteiger partial charge < -0.3 is 5.32 Å². The lowest BCUT2D eigenvalue weighted by atomic mass is 10.1. The van der Waals surface area contributed by atoms with E-state index in [9.17, 15) is 4.79 Å². The van der Waals surface area contributed by atoms with Crippen LogP contribution in [0.5, 0.6) is 0 Å². The molecular formula is C13H12Cl2N2OS. The summed E-state index contributed by atoms with van der Waals surface area (Å²) in [7, 11) is 0. The maximum absolute atomic E-state index is 11.8. The van der Waals surface area contributed by atoms with Gasteiger partial charge in [-0.15, -0.1) is 11.3 Å². The molecule has 1 heterocycles. The van der Waals surface area contributed by atoms with E-state index >= 15 is 0 Å². The first kappa shape index (κ1) is 14.3. The van der Waals surface area contributed by atoms with E-state index in [0.717, 1.165) is 15.4 Å². The molecule has 1 N–H and O–H groups in total. The van der Waals surface area contributed by atoms with Crippen LogP contribution in [-0.2, 0) is 17.8 Å². The molecule has 0 bridgehead atoms. The van der Waals surface area contributed by atoms with Gasteiger partial charge in [0.2, 0.25) is 5.91 Å². The molecule has 1 amide bonds. The minimum atomic E-state index is -0.0738. The Hall–Kier alpha value is -1.10. The van der Waals surface area contributed by atoms with Gasteiger partial charge >= 0.3 is 0 Å². The molecule has 0 saturated carbocycles. The van der Waals surface area contributed by atoms with Crippen molar-refractivity contribution in [1.29, 1.82) is 0 Å². The molecule has 2 rings (SSSR count). The molecule has 6 heteroatoms. The highest BCUT2D eigenvalue weighted by atomic mass is 35.5. The second-order valence-corrected chi connectivity index (χ2v) is 6.20. The molecule has 19 heavy (non-hydrogen) atoms. The first-order valence-electron chi connectivity index (χ1n) is 5.66. The molecule has 0 spiro atoms. The number of halogens is 2. The van der Waals surface area contributed by atoms with Crippen LogP contribution in [0.4, 0.5) is 0 Å². The number of benzene rings is 1. The zero-order valence-electron chi connectivity index (χ0n) is 10.2. The van der Waals surface area contributed by atoms with Crippen molar-refractivity contribution in [3.8, 4) is 0 Å². The summed E-state index contributed by atoms with van der Waals surface area (Å²) < 4.78 is 0. The van der Waals surface area contributed by atoms with Gasteiger partial charge in [-0.1, -0.05) is 29.3 Å². The standard InChI is InChI=1S/C13H12Cl2N2OS/c1-8-16-6-11(19-8)7-17-13(18)4-9-2-3-10(14)5-12(9)15/h2-3,5-6H,4,7H2,1H3,(H,17,18). The number of nitrogens with one attached hydrogen (secondary N) is 1. The second kappa shape index (κ2) is 6.37. The second-order valence-electron chi connectivity index (χ2n) is 4.03. The van der Waals surface area contributed by atoms with E-state index in [-0.39, 0.29) is 12.3 Å². The highest BCUT2D eigenvalue weighted by Crippen LogP contribution is 2.21. The van der Waals surface area contributed by atoms with E-state index in [2.05, 4.69) is 10.3 Å². The van der Waals surface area contributed by atoms with Crippen LogP contribution in [0.25, 0.3) is 0 Å². The van der Waals surface area contributed by atoms with Crippen LogP contribution in [0.2, 0.25) is 10.0 Å². The molecule has 0 aliphatic heterocycles. The maximum Gasteiger partial charge on any atom is 0.224 e. The molecule has 0 unspecified atom stereocenters. The van der Waals surface area contributed by atoms with Crippen LogP contribution in [0.3, 0.4) is 0 Å². The summed E-state index contributed by atoms with van der Waals surface area (Å²) in [5.74, 6) is -0.0738. The van der Waals surface area contributed by atoms with Crippen molar-refractivity contribution in [2.45, 2.75) is 19.9 Å². The third-order valence-electron chi connectivity index (χ3n) is 2.50. The number of hydrogen-bond donors (Lipinski definition) is 1. The summed E-state index contributed by atoms with van der Waals surface area (Å²) in [4.78, 5) is 17.0. The number of thiazole rings is 1. The zero-order chi connectivity index (χ0) is 13.8. The predicted molar refractivity (Wildman–Crippen MR) is 78.9 cm³/mol. The van der Waals surface area contributed by atoms with E-state index in [1.165, 1.54) is 0 Å². The van der Waals surface area contributed by atoms with E-state index in [1.807, 2.05) is 6.92 Å². The van der Waals surface area contributed by atoms with Crippen molar-refractivity contribution in [2.24, 2.45) is 0 Å². The normalized spacial score (nSPS) is 10.5. The number of carbonyl (C=O) groups is 1. The van der Waals surface area contributed by atoms with Gasteiger partial charge in [0.25, 0.3) is 0 Å². The molecular weight excluding hydrogens is 303 g/mol. The van der Waals surface area contributed by atoms with Gasteiger partial charge in [-0.05, 0) is 24.6 Å². The van der Waals surface area contributed by atoms with Crippen LogP contribution < -0.4 is 5.32 Å². The molecule has 0 fully saturated rings. The highest BCUT2D eigenvalue weighted by molar-refractivity contribution is 7.11. The first-order valence-corrected chi connectivity index (χ1v) is 7.24. The summed E-state index contributed by atoms with van der Waals surface area (Å²) in [5, 5.41) is 4.91. The van der Waals surface area contributed by atoms with Gasteiger partial charge in [-0.25, -0.2) is 4.98 Å². The van der Waals surface area contributed by atoms with Gasteiger partial charge in [0, 0.05) is 21.1 Å². The Morgan fingerprint density at radius 2 is 2.21 bits per heavy atom. The molecule has 0 atom stereocenters. The number of hydrogen-bond acceptors (Lipinski definition) is 3. The summed E-state index contributed by atoms with van der Waals surface area (Å²) in [5.41, 5.74) is 0.768. The maximum atomic E-state index is 11.8. The summed E-state index contributed by atoms with van der Waals surface area (Å²) in [6, 6.07) is 5.13. The van der Waals surface area contributed by atoms with Crippen molar-refractivity contribution in [1.82, 2.24) is 10.3 Å². The van der Waals surface area contributed by atoms with Crippen LogP contribution in [0, 0.1) is 6.92 Å². The van der Waals surface area contributed by atoms with Crippen molar-refractivity contribution >= 4 is 40.4 Å². The number of rotatable bonds is 4. The average Bonchev–Trinajstić information content (AvgIpc) is 2.76. The van der Waals surface area contributed by atoms with Gasteiger partial charge in [-0.2, -0.15) is 0 Å². The molecule has 100 valence electrons. The van der Waals surface area contributed by atoms with E-state index in [0.29, 0.717) is 16.6 Å². The Bertz CT molecular complexity index is 598. The quantitative estimate of drug-likeness (QED) is 0.936. The number of amides is 1. The van der Waals surface area contributed by atoms with E-state index in [4.69, 9.17) is 23.2 Å². The summed E-state index contributed by atoms with van der Waals surface area (Å²) >= 11 is 13.4. The molecule has 0 aliphatic rings. The minimum Gasteiger partial charge on any atom is -0.351 e. The molecule has 0 aliphatic carbocycles. The SMILES string of the molecule is Cc1ncc(CNC(=O)Cc2ccc(Cl)cc2Cl)s1. The highest BCUT2D eigenvalue weighted by Gasteiger charge is 2.08. The Kier molecular flexibility index (Phi) is 4.80. The third-order valence-corrected chi connectivity index (χ3v) is 3.99. The van der Waals surface area contributed by atoms with Gasteiger partial charge in [0.15, 0.2) is 0 Å². The number of nitrogens with zero attached hydrogens (tertiary/aromatic N) is 1. The molecule has 0 saturated heterocycles. The van der Waals surface area contributed by atoms with E-state index in [1.54, 1.807) is 35.7 Å². The van der Waals surface area contributed by atoms with Crippen molar-refractivity contribution in [2.75, 3.05) is 0 Å². The van der Waals surface area contributed by atoms with Crippen molar-refractivity contribution in [3.05, 3.63) is 49.9 Å². The molecule has 0 radical (unpaired) electrons. The van der Waals surface area contributed by atoms with Crippen molar-refractivity contribution < 1.29 is 4.79 Å². The Balaban J connectivity index is 1.90. The zero-order valence-corrected chi connectivity index (χ0v) is 12.6. The number of carbonyl (C=O) groups excluding carboxylic acids is 1. The summed E-state index contributed by atoms with van der Waals surface area (Å²) in [6.45, 7) is 2.43. The fraction of sp³-hybridized carbons (Fsp3) is 0.231. The van der Waals surface area contributed by atoms with Gasteiger partial charge in [-0.3, -0.25) is 4.79 Å². The molecule has 2 aromatic rings. The third kappa shape index (κ3) is 4.20. The Labute approximate surface area is 125 Å². The lowest BCUT2D eigenvalue weighted by Crippen LogP contribution is -2.24. The molecule has 1 aromatic carbocycles. The van der Waals surface area contributed by atoms with Crippen molar-refractivity contribution in [3.63, 3.8) is 0 Å². The molecule has 1 aromatic heterocycles. The monoisotopic (exact) mass is 314 g/mol. The first-order chi connectivity index (χ1) is 9.04. The number of aryl methyl sites for hydroxylation is 1. The Morgan fingerprint density at radius 1 is 1.42 bits per heavy atom. The Morgan fingerprint density at radius 3 is 2.84 bits per heavy atom. The molecule has 3 nitrogen and oxygen atoms in total. The average molecular weight is 315 g/mol. The van der Waals surface area contributed by atoms with Crippen LogP contribution in [0.1, 0.15) is 15.4 Å². The largest absolute Gasteiger partial charge is 0.351 e. The lowest BCUT2D eigenvalue weighted by molar-refractivity contribution is -0.120. The minimum absolute atomic E-state index is 0.0738. The smallest absolute Gasteiger partial charge is 0.224 e. The topological polar surface area (TPSA) is 42.0 Å². The lowest BCUT2D eigenvalue weighted by Gasteiger charge is -2.05. The van der Waals surface area contributed by atoms with Crippen LogP contribution in [0.15, 0.2) is 24.4 Å².